The van der Waals surface area contributed by atoms with E-state index in [1.54, 1.807) is 24.3 Å². The lowest BCUT2D eigenvalue weighted by atomic mass is 10.0. The highest BCUT2D eigenvalue weighted by atomic mass is 35.5. The number of benzene rings is 1. The number of rotatable bonds is 3. The zero-order chi connectivity index (χ0) is 12.2. The summed E-state index contributed by atoms with van der Waals surface area (Å²) in [7, 11) is 0. The van der Waals surface area contributed by atoms with E-state index >= 15 is 0 Å². The Morgan fingerprint density at radius 3 is 2.18 bits per heavy atom. The summed E-state index contributed by atoms with van der Waals surface area (Å²) in [5.74, 6) is 0. The summed E-state index contributed by atoms with van der Waals surface area (Å²) in [4.78, 5) is 0. The normalized spacial score (nSPS) is 12.4. The van der Waals surface area contributed by atoms with Gasteiger partial charge in [0.2, 0.25) is 0 Å². The van der Waals surface area contributed by atoms with Crippen molar-refractivity contribution in [3.05, 3.63) is 35.4 Å². The Balaban J connectivity index is 0.00000256. The van der Waals surface area contributed by atoms with E-state index in [1.165, 1.54) is 0 Å². The number of hydrogen-bond donors (Lipinski definition) is 1. The van der Waals surface area contributed by atoms with Gasteiger partial charge in [0.25, 0.3) is 0 Å². The minimum absolute atomic E-state index is 0. The first-order chi connectivity index (χ1) is 7.42. The van der Waals surface area contributed by atoms with Gasteiger partial charge in [-0.25, -0.2) is 0 Å². The fourth-order valence-electron chi connectivity index (χ4n) is 1.29. The minimum atomic E-state index is -4.18. The molecule has 0 aromatic heterocycles. The van der Waals surface area contributed by atoms with E-state index in [2.05, 4.69) is 0 Å². The molecule has 0 spiro atoms. The smallest absolute Gasteiger partial charge is 0.324 e. The second-order valence-electron chi connectivity index (χ2n) is 3.49. The molecule has 94 valence electrons. The van der Waals surface area contributed by atoms with Crippen molar-refractivity contribution in [3.63, 3.8) is 0 Å². The van der Waals surface area contributed by atoms with Crippen molar-refractivity contribution < 1.29 is 13.2 Å². The van der Waals surface area contributed by atoms with Gasteiger partial charge in [-0.2, -0.15) is 18.4 Å². The summed E-state index contributed by atoms with van der Waals surface area (Å²) in [5, 5.41) is 8.55. The Hall–Kier alpha value is -1.25. The van der Waals surface area contributed by atoms with Crippen LogP contribution in [0.2, 0.25) is 0 Å². The molecule has 1 aromatic carbocycles. The molecule has 6 heteroatoms. The minimum Gasteiger partial charge on any atom is -0.324 e. The Labute approximate surface area is 104 Å². The highest BCUT2D eigenvalue weighted by Gasteiger charge is 2.27. The molecule has 0 aliphatic heterocycles. The van der Waals surface area contributed by atoms with Crippen molar-refractivity contribution in [1.29, 1.82) is 5.26 Å². The lowest BCUT2D eigenvalue weighted by Crippen LogP contribution is -2.15. The summed E-state index contributed by atoms with van der Waals surface area (Å²) >= 11 is 0. The molecule has 0 aliphatic rings. The van der Waals surface area contributed by atoms with E-state index in [0.29, 0.717) is 11.1 Å². The summed E-state index contributed by atoms with van der Waals surface area (Å²) < 4.78 is 35.9. The highest BCUT2D eigenvalue weighted by Crippen LogP contribution is 2.26. The summed E-state index contributed by atoms with van der Waals surface area (Å²) in [5.41, 5.74) is 6.69. The van der Waals surface area contributed by atoms with Crippen LogP contribution in [0.15, 0.2) is 24.3 Å². The molecule has 0 saturated heterocycles. The van der Waals surface area contributed by atoms with E-state index in [0.717, 1.165) is 0 Å². The molecule has 0 heterocycles. The molecule has 2 nitrogen and oxygen atoms in total. The van der Waals surface area contributed by atoms with Crippen LogP contribution in [0.4, 0.5) is 13.2 Å². The van der Waals surface area contributed by atoms with Crippen LogP contribution in [-0.4, -0.2) is 6.18 Å². The quantitative estimate of drug-likeness (QED) is 0.910. The van der Waals surface area contributed by atoms with E-state index < -0.39 is 18.6 Å². The molecular formula is C11H12ClF3N2. The summed E-state index contributed by atoms with van der Waals surface area (Å²) in [6.07, 6.45) is -5.21. The van der Waals surface area contributed by atoms with Crippen LogP contribution < -0.4 is 5.73 Å². The first-order valence-electron chi connectivity index (χ1n) is 4.75. The molecule has 1 rings (SSSR count). The van der Waals surface area contributed by atoms with Crippen molar-refractivity contribution in [2.75, 3.05) is 0 Å². The lowest BCUT2D eigenvalue weighted by Gasteiger charge is -2.13. The maximum Gasteiger partial charge on any atom is 0.389 e. The van der Waals surface area contributed by atoms with Crippen molar-refractivity contribution in [1.82, 2.24) is 0 Å². The molecule has 0 amide bonds. The van der Waals surface area contributed by atoms with Gasteiger partial charge in [0.05, 0.1) is 11.6 Å². The van der Waals surface area contributed by atoms with Gasteiger partial charge in [0, 0.05) is 12.5 Å². The Bertz CT molecular complexity index is 381. The number of nitrogens with two attached hydrogens (primary N) is 1. The number of hydrogen-bond acceptors (Lipinski definition) is 2. The van der Waals surface area contributed by atoms with Crippen LogP contribution >= 0.6 is 12.4 Å². The van der Waals surface area contributed by atoms with Gasteiger partial charge in [-0.3, -0.25) is 0 Å². The lowest BCUT2D eigenvalue weighted by molar-refractivity contribution is -0.136. The van der Waals surface area contributed by atoms with Gasteiger partial charge in [-0.1, -0.05) is 12.1 Å². The van der Waals surface area contributed by atoms with E-state index in [9.17, 15) is 13.2 Å². The van der Waals surface area contributed by atoms with Gasteiger partial charge in [0.15, 0.2) is 0 Å². The van der Waals surface area contributed by atoms with E-state index in [-0.39, 0.29) is 18.8 Å². The molecule has 0 unspecified atom stereocenters. The molecule has 0 aliphatic carbocycles. The van der Waals surface area contributed by atoms with Gasteiger partial charge in [-0.05, 0) is 24.1 Å². The molecule has 17 heavy (non-hydrogen) atoms. The van der Waals surface area contributed by atoms with Crippen LogP contribution in [0.5, 0.6) is 0 Å². The second-order valence-corrected chi connectivity index (χ2v) is 3.49. The van der Waals surface area contributed by atoms with Gasteiger partial charge in [0.1, 0.15) is 0 Å². The van der Waals surface area contributed by atoms with Crippen LogP contribution in [-0.2, 0) is 0 Å². The third kappa shape index (κ3) is 5.57. The Morgan fingerprint density at radius 2 is 1.76 bits per heavy atom. The van der Waals surface area contributed by atoms with Crippen molar-refractivity contribution in [3.8, 4) is 6.07 Å². The van der Waals surface area contributed by atoms with Crippen LogP contribution in [0.25, 0.3) is 0 Å². The number of halogens is 4. The predicted molar refractivity (Wildman–Crippen MR) is 60.6 cm³/mol. The zero-order valence-electron chi connectivity index (χ0n) is 8.87. The molecule has 0 bridgehead atoms. The van der Waals surface area contributed by atoms with Crippen LogP contribution in [0.1, 0.15) is 30.0 Å². The standard InChI is InChI=1S/C11H11F3N2.ClH/c12-11(13,14)6-5-10(16)9-3-1-8(7-15)2-4-9;/h1-4,10H,5-6,16H2;1H/t10-;/m0./s1. The van der Waals surface area contributed by atoms with Crippen LogP contribution in [0.3, 0.4) is 0 Å². The average Bonchev–Trinajstić information content (AvgIpc) is 2.25. The maximum absolute atomic E-state index is 12.0. The van der Waals surface area contributed by atoms with Crippen molar-refractivity contribution in [2.24, 2.45) is 5.73 Å². The van der Waals surface area contributed by atoms with Crippen molar-refractivity contribution >= 4 is 12.4 Å². The van der Waals surface area contributed by atoms with E-state index in [4.69, 9.17) is 11.0 Å². The van der Waals surface area contributed by atoms with Gasteiger partial charge >= 0.3 is 6.18 Å². The predicted octanol–water partition coefficient (Wildman–Crippen LogP) is 3.32. The van der Waals surface area contributed by atoms with Gasteiger partial charge in [-0.15, -0.1) is 12.4 Å². The molecular weight excluding hydrogens is 253 g/mol. The highest BCUT2D eigenvalue weighted by molar-refractivity contribution is 5.85. The molecule has 1 atom stereocenters. The van der Waals surface area contributed by atoms with Crippen LogP contribution in [0, 0.1) is 11.3 Å². The molecule has 1 aromatic rings. The molecule has 0 fully saturated rings. The van der Waals surface area contributed by atoms with Gasteiger partial charge < -0.3 is 5.73 Å². The third-order valence-corrected chi connectivity index (χ3v) is 2.21. The number of nitrogens with zero attached hydrogens (tertiary/aromatic N) is 1. The average molecular weight is 265 g/mol. The maximum atomic E-state index is 12.0. The summed E-state index contributed by atoms with van der Waals surface area (Å²) in [6, 6.07) is 7.54. The third-order valence-electron chi connectivity index (χ3n) is 2.21. The number of nitriles is 1. The van der Waals surface area contributed by atoms with Crippen molar-refractivity contribution in [2.45, 2.75) is 25.1 Å². The summed E-state index contributed by atoms with van der Waals surface area (Å²) in [6.45, 7) is 0. The molecule has 0 saturated carbocycles. The second kappa shape index (κ2) is 6.48. The Morgan fingerprint density at radius 1 is 1.24 bits per heavy atom. The first-order valence-corrected chi connectivity index (χ1v) is 4.75. The molecule has 2 N–H and O–H groups in total. The number of alkyl halides is 3. The largest absolute Gasteiger partial charge is 0.389 e. The SMILES string of the molecule is Cl.N#Cc1ccc([C@@H](N)CCC(F)(F)F)cc1. The monoisotopic (exact) mass is 264 g/mol. The Kier molecular flexibility index (Phi) is 6.00. The fraction of sp³-hybridized carbons (Fsp3) is 0.364. The van der Waals surface area contributed by atoms with E-state index in [1.807, 2.05) is 6.07 Å². The first kappa shape index (κ1) is 15.8. The zero-order valence-corrected chi connectivity index (χ0v) is 9.68. The topological polar surface area (TPSA) is 49.8 Å². The molecule has 0 radical (unpaired) electrons. The fourth-order valence-corrected chi connectivity index (χ4v) is 1.29.